The van der Waals surface area contributed by atoms with Gasteiger partial charge in [0.1, 0.15) is 5.56 Å². The molecule has 2 aromatic carbocycles. The van der Waals surface area contributed by atoms with Crippen LogP contribution in [0.25, 0.3) is 11.3 Å². The molecule has 0 unspecified atom stereocenters. The number of thiazole rings is 1. The summed E-state index contributed by atoms with van der Waals surface area (Å²) in [6, 6.07) is 10.8. The zero-order chi connectivity index (χ0) is 22.1. The molecule has 1 amide bonds. The van der Waals surface area contributed by atoms with Gasteiger partial charge in [-0.25, -0.2) is 4.98 Å². The number of non-ortho nitro benzene ring substituents is 1. The topological polar surface area (TPSA) is 128 Å². The third-order valence-electron chi connectivity index (χ3n) is 4.40. The average molecular weight is 426 g/mol. The molecule has 9 nitrogen and oxygen atoms in total. The summed E-state index contributed by atoms with van der Waals surface area (Å²) in [4.78, 5) is 37.4. The number of benzene rings is 2. The van der Waals surface area contributed by atoms with Gasteiger partial charge in [0.2, 0.25) is 0 Å². The fourth-order valence-corrected chi connectivity index (χ4v) is 3.46. The molecule has 10 heteroatoms. The van der Waals surface area contributed by atoms with E-state index >= 15 is 0 Å². The van der Waals surface area contributed by atoms with E-state index in [0.29, 0.717) is 5.69 Å². The molecule has 0 saturated heterocycles. The van der Waals surface area contributed by atoms with E-state index in [1.807, 2.05) is 24.3 Å². The molecule has 3 aromatic rings. The van der Waals surface area contributed by atoms with Crippen molar-refractivity contribution >= 4 is 33.8 Å². The highest BCUT2D eigenvalue weighted by atomic mass is 32.1. The molecule has 0 radical (unpaired) electrons. The van der Waals surface area contributed by atoms with E-state index < -0.39 is 27.1 Å². The van der Waals surface area contributed by atoms with Gasteiger partial charge in [0.15, 0.2) is 5.13 Å². The molecule has 30 heavy (non-hydrogen) atoms. The third kappa shape index (κ3) is 4.49. The number of carbonyl (C=O) groups is 1. The number of nitro groups is 2. The minimum Gasteiger partial charge on any atom is -0.298 e. The summed E-state index contributed by atoms with van der Waals surface area (Å²) in [5, 5.41) is 26.6. The molecular formula is C20H18N4O5S. The van der Waals surface area contributed by atoms with Crippen molar-refractivity contribution in [2.75, 3.05) is 5.32 Å². The summed E-state index contributed by atoms with van der Waals surface area (Å²) < 4.78 is 0. The minimum absolute atomic E-state index is 0.0270. The van der Waals surface area contributed by atoms with E-state index in [9.17, 15) is 25.0 Å². The zero-order valence-corrected chi connectivity index (χ0v) is 17.2. The standard InChI is InChI=1S/C20H18N4O5S/c1-20(2,3)13-6-4-12(5-7-13)16-11-30-19(21-16)22-18(25)15-9-8-14(23(26)27)10-17(15)24(28)29/h4-11H,1-3H3,(H,21,22,25). The molecule has 0 atom stereocenters. The molecule has 0 aliphatic carbocycles. The summed E-state index contributed by atoms with van der Waals surface area (Å²) in [6.45, 7) is 6.36. The Kier molecular flexibility index (Phi) is 5.61. The maximum Gasteiger partial charge on any atom is 0.289 e. The average Bonchev–Trinajstić information content (AvgIpc) is 3.15. The van der Waals surface area contributed by atoms with Crippen LogP contribution in [0.2, 0.25) is 0 Å². The fourth-order valence-electron chi connectivity index (χ4n) is 2.75. The van der Waals surface area contributed by atoms with Crippen molar-refractivity contribution < 1.29 is 14.6 Å². The van der Waals surface area contributed by atoms with Crippen molar-refractivity contribution in [2.45, 2.75) is 26.2 Å². The van der Waals surface area contributed by atoms with Crippen molar-refractivity contribution in [1.82, 2.24) is 4.98 Å². The molecule has 1 N–H and O–H groups in total. The van der Waals surface area contributed by atoms with E-state index in [1.54, 1.807) is 5.38 Å². The van der Waals surface area contributed by atoms with Crippen LogP contribution in [0, 0.1) is 20.2 Å². The SMILES string of the molecule is CC(C)(C)c1ccc(-c2csc(NC(=O)c3ccc([N+](=O)[O-])cc3[N+](=O)[O-])n2)cc1. The summed E-state index contributed by atoms with van der Waals surface area (Å²) in [5.74, 6) is -0.763. The molecule has 154 valence electrons. The number of rotatable bonds is 5. The Hall–Kier alpha value is -3.66. The first-order chi connectivity index (χ1) is 14.1. The second kappa shape index (κ2) is 7.99. The molecule has 0 aliphatic rings. The van der Waals surface area contributed by atoms with E-state index in [4.69, 9.17) is 0 Å². The number of nitrogens with zero attached hydrogens (tertiary/aromatic N) is 3. The van der Waals surface area contributed by atoms with Crippen LogP contribution in [0.4, 0.5) is 16.5 Å². The van der Waals surface area contributed by atoms with Gasteiger partial charge in [-0.15, -0.1) is 11.3 Å². The molecule has 1 heterocycles. The van der Waals surface area contributed by atoms with Crippen LogP contribution < -0.4 is 5.32 Å². The predicted octanol–water partition coefficient (Wildman–Crippen LogP) is 5.18. The van der Waals surface area contributed by atoms with Gasteiger partial charge in [-0.05, 0) is 17.0 Å². The normalized spacial score (nSPS) is 11.2. The molecule has 1 aromatic heterocycles. The van der Waals surface area contributed by atoms with Gasteiger partial charge >= 0.3 is 0 Å². The van der Waals surface area contributed by atoms with Crippen molar-refractivity contribution in [2.24, 2.45) is 0 Å². The number of nitro benzene ring substituents is 2. The van der Waals surface area contributed by atoms with Gasteiger partial charge in [-0.2, -0.15) is 0 Å². The van der Waals surface area contributed by atoms with Crippen LogP contribution in [-0.2, 0) is 5.41 Å². The first kappa shape index (κ1) is 21.1. The number of hydrogen-bond donors (Lipinski definition) is 1. The lowest BCUT2D eigenvalue weighted by Gasteiger charge is -2.18. The van der Waals surface area contributed by atoms with E-state index in [0.717, 1.165) is 23.8 Å². The van der Waals surface area contributed by atoms with E-state index in [1.165, 1.54) is 16.9 Å². The van der Waals surface area contributed by atoms with Crippen molar-refractivity contribution in [3.05, 3.63) is 79.2 Å². The number of carbonyl (C=O) groups excluding carboxylic acids is 1. The summed E-state index contributed by atoms with van der Waals surface area (Å²) >= 11 is 1.18. The molecule has 0 bridgehead atoms. The van der Waals surface area contributed by atoms with Gasteiger partial charge in [0.05, 0.1) is 21.6 Å². The van der Waals surface area contributed by atoms with Crippen LogP contribution in [0.5, 0.6) is 0 Å². The predicted molar refractivity (Wildman–Crippen MR) is 114 cm³/mol. The number of hydrogen-bond acceptors (Lipinski definition) is 7. The molecule has 0 fully saturated rings. The zero-order valence-electron chi connectivity index (χ0n) is 16.4. The van der Waals surface area contributed by atoms with Gasteiger partial charge in [-0.1, -0.05) is 45.0 Å². The molecular weight excluding hydrogens is 408 g/mol. The first-order valence-corrected chi connectivity index (χ1v) is 9.75. The number of amides is 1. The van der Waals surface area contributed by atoms with Crippen molar-refractivity contribution in [3.63, 3.8) is 0 Å². The monoisotopic (exact) mass is 426 g/mol. The summed E-state index contributed by atoms with van der Waals surface area (Å²) in [7, 11) is 0. The fraction of sp³-hybridized carbons (Fsp3) is 0.200. The Balaban J connectivity index is 1.82. The number of nitrogens with one attached hydrogen (secondary N) is 1. The van der Waals surface area contributed by atoms with Crippen molar-refractivity contribution in [3.8, 4) is 11.3 Å². The summed E-state index contributed by atoms with van der Waals surface area (Å²) in [6.07, 6.45) is 0. The van der Waals surface area contributed by atoms with E-state index in [-0.39, 0.29) is 16.1 Å². The Morgan fingerprint density at radius 2 is 1.70 bits per heavy atom. The van der Waals surface area contributed by atoms with Crippen molar-refractivity contribution in [1.29, 1.82) is 0 Å². The Morgan fingerprint density at radius 3 is 2.27 bits per heavy atom. The quantitative estimate of drug-likeness (QED) is 0.442. The van der Waals surface area contributed by atoms with Gasteiger partial charge in [0, 0.05) is 17.0 Å². The van der Waals surface area contributed by atoms with Crippen LogP contribution in [0.1, 0.15) is 36.7 Å². The second-order valence-corrected chi connectivity index (χ2v) is 8.39. The first-order valence-electron chi connectivity index (χ1n) is 8.87. The molecule has 0 spiro atoms. The Bertz CT molecular complexity index is 1130. The highest BCUT2D eigenvalue weighted by Gasteiger charge is 2.24. The van der Waals surface area contributed by atoms with Gasteiger partial charge in [-0.3, -0.25) is 30.3 Å². The lowest BCUT2D eigenvalue weighted by atomic mass is 9.86. The Labute approximate surface area is 175 Å². The maximum atomic E-state index is 12.5. The Morgan fingerprint density at radius 1 is 1.03 bits per heavy atom. The highest BCUT2D eigenvalue weighted by molar-refractivity contribution is 7.14. The second-order valence-electron chi connectivity index (χ2n) is 7.54. The smallest absolute Gasteiger partial charge is 0.289 e. The lowest BCUT2D eigenvalue weighted by molar-refractivity contribution is -0.394. The van der Waals surface area contributed by atoms with Gasteiger partial charge < -0.3 is 0 Å². The van der Waals surface area contributed by atoms with Gasteiger partial charge in [0.25, 0.3) is 17.3 Å². The molecule has 0 aliphatic heterocycles. The minimum atomic E-state index is -0.827. The molecule has 0 saturated carbocycles. The van der Waals surface area contributed by atoms with Crippen LogP contribution in [0.15, 0.2) is 47.8 Å². The van der Waals surface area contributed by atoms with Crippen LogP contribution >= 0.6 is 11.3 Å². The highest BCUT2D eigenvalue weighted by Crippen LogP contribution is 2.30. The summed E-state index contributed by atoms with van der Waals surface area (Å²) in [5.41, 5.74) is 1.36. The number of aromatic nitrogens is 1. The molecule has 3 rings (SSSR count). The van der Waals surface area contributed by atoms with E-state index in [2.05, 4.69) is 31.1 Å². The lowest BCUT2D eigenvalue weighted by Crippen LogP contribution is -2.14. The maximum absolute atomic E-state index is 12.5. The number of anilines is 1. The largest absolute Gasteiger partial charge is 0.298 e. The third-order valence-corrected chi connectivity index (χ3v) is 5.16. The van der Waals surface area contributed by atoms with Crippen LogP contribution in [0.3, 0.4) is 0 Å². The van der Waals surface area contributed by atoms with Crippen LogP contribution in [-0.4, -0.2) is 20.7 Å².